The van der Waals surface area contributed by atoms with Crippen LogP contribution in [0.4, 0.5) is 10.2 Å². The van der Waals surface area contributed by atoms with Gasteiger partial charge in [-0.15, -0.1) is 0 Å². The molecule has 8 heteroatoms. The molecule has 1 aromatic carbocycles. The minimum Gasteiger partial charge on any atom is -0.353 e. The minimum absolute atomic E-state index is 0.0328. The summed E-state index contributed by atoms with van der Waals surface area (Å²) in [5.74, 6) is -0.322. The van der Waals surface area contributed by atoms with Crippen LogP contribution in [0, 0.1) is 31.0 Å². The molecule has 0 atom stereocenters. The number of piperazine rings is 1. The Morgan fingerprint density at radius 3 is 2.60 bits per heavy atom. The van der Waals surface area contributed by atoms with E-state index in [-0.39, 0.29) is 24.2 Å². The maximum atomic E-state index is 13.3. The summed E-state index contributed by atoms with van der Waals surface area (Å²) in [6.45, 7) is 8.75. The van der Waals surface area contributed by atoms with Gasteiger partial charge in [-0.25, -0.2) is 4.39 Å². The van der Waals surface area contributed by atoms with E-state index >= 15 is 0 Å². The molecule has 0 aliphatic carbocycles. The predicted octanol–water partition coefficient (Wildman–Crippen LogP) is 2.31. The van der Waals surface area contributed by atoms with Crippen LogP contribution in [0.1, 0.15) is 36.2 Å². The van der Waals surface area contributed by atoms with E-state index in [4.69, 9.17) is 0 Å². The Morgan fingerprint density at radius 1 is 1.30 bits per heavy atom. The zero-order chi connectivity index (χ0) is 22.1. The Balaban J connectivity index is 1.86. The molecule has 3 rings (SSSR count). The second-order valence-electron chi connectivity index (χ2n) is 8.04. The molecule has 2 N–H and O–H groups in total. The van der Waals surface area contributed by atoms with Crippen LogP contribution in [0.15, 0.2) is 24.3 Å². The number of rotatable bonds is 5. The minimum atomic E-state index is -0.796. The zero-order valence-corrected chi connectivity index (χ0v) is 17.7. The number of nitrogens with one attached hydrogen (secondary N) is 2. The molecule has 0 saturated carbocycles. The van der Waals surface area contributed by atoms with Crippen LogP contribution in [0.3, 0.4) is 0 Å². The fourth-order valence-corrected chi connectivity index (χ4v) is 3.67. The Labute approximate surface area is 175 Å². The van der Waals surface area contributed by atoms with Gasteiger partial charge >= 0.3 is 0 Å². The van der Waals surface area contributed by atoms with E-state index in [1.807, 2.05) is 23.3 Å². The van der Waals surface area contributed by atoms with E-state index in [9.17, 15) is 19.2 Å². The van der Waals surface area contributed by atoms with Crippen LogP contribution < -0.4 is 10.6 Å². The molecule has 0 radical (unpaired) electrons. The molecule has 2 heterocycles. The van der Waals surface area contributed by atoms with Gasteiger partial charge in [0.05, 0.1) is 17.6 Å². The normalized spacial score (nSPS) is 16.1. The summed E-state index contributed by atoms with van der Waals surface area (Å²) in [6, 6.07) is 8.30. The van der Waals surface area contributed by atoms with Crippen molar-refractivity contribution in [1.82, 2.24) is 14.8 Å². The van der Waals surface area contributed by atoms with Gasteiger partial charge in [0.25, 0.3) is 0 Å². The molecule has 1 saturated heterocycles. The first kappa shape index (κ1) is 21.5. The molecule has 1 aromatic heterocycles. The lowest BCUT2D eigenvalue weighted by Gasteiger charge is -2.40. The smallest absolute Gasteiger partial charge is 0.240 e. The van der Waals surface area contributed by atoms with Gasteiger partial charge < -0.3 is 15.2 Å². The number of halogens is 1. The highest BCUT2D eigenvalue weighted by molar-refractivity contribution is 5.94. The number of hydrogen-bond donors (Lipinski definition) is 2. The molecule has 2 amide bonds. The first-order valence-electron chi connectivity index (χ1n) is 9.82. The fourth-order valence-electron chi connectivity index (χ4n) is 3.67. The van der Waals surface area contributed by atoms with E-state index in [1.54, 1.807) is 26.0 Å². The number of carbonyl (C=O) groups excluding carboxylic acids is 2. The third-order valence-corrected chi connectivity index (χ3v) is 5.80. The number of carbonyl (C=O) groups is 2. The Bertz CT molecular complexity index is 1020. The first-order valence-corrected chi connectivity index (χ1v) is 9.82. The van der Waals surface area contributed by atoms with Crippen molar-refractivity contribution in [1.29, 1.82) is 5.26 Å². The van der Waals surface area contributed by atoms with Gasteiger partial charge in [-0.2, -0.15) is 5.26 Å². The van der Waals surface area contributed by atoms with E-state index in [1.165, 1.54) is 12.1 Å². The molecule has 0 bridgehead atoms. The number of aromatic nitrogens is 1. The van der Waals surface area contributed by atoms with Crippen LogP contribution in [-0.4, -0.2) is 46.5 Å². The Kier molecular flexibility index (Phi) is 5.94. The van der Waals surface area contributed by atoms with Gasteiger partial charge in [-0.3, -0.25) is 14.5 Å². The van der Waals surface area contributed by atoms with Crippen molar-refractivity contribution >= 4 is 17.6 Å². The lowest BCUT2D eigenvalue weighted by Crippen LogP contribution is -2.63. The second-order valence-corrected chi connectivity index (χ2v) is 8.04. The SMILES string of the molecule is Cc1c(C#N)c(NC(=O)CN2CCNC(=O)C2(C)C)n(Cc2ccc(F)cc2)c1C. The molecule has 1 aliphatic rings. The number of anilines is 1. The molecule has 1 aliphatic heterocycles. The molecule has 2 aromatic rings. The maximum Gasteiger partial charge on any atom is 0.240 e. The lowest BCUT2D eigenvalue weighted by molar-refractivity contribution is -0.136. The summed E-state index contributed by atoms with van der Waals surface area (Å²) in [6.07, 6.45) is 0. The third kappa shape index (κ3) is 4.07. The fraction of sp³-hybridized carbons (Fsp3) is 0.409. The van der Waals surface area contributed by atoms with Crippen molar-refractivity contribution in [3.05, 3.63) is 52.5 Å². The molecule has 30 heavy (non-hydrogen) atoms. The van der Waals surface area contributed by atoms with Crippen molar-refractivity contribution in [2.24, 2.45) is 0 Å². The van der Waals surface area contributed by atoms with E-state index < -0.39 is 5.54 Å². The van der Waals surface area contributed by atoms with Gasteiger partial charge in [0.15, 0.2) is 0 Å². The van der Waals surface area contributed by atoms with Crippen molar-refractivity contribution < 1.29 is 14.0 Å². The first-order chi connectivity index (χ1) is 14.1. The van der Waals surface area contributed by atoms with Crippen LogP contribution in [-0.2, 0) is 16.1 Å². The van der Waals surface area contributed by atoms with E-state index in [2.05, 4.69) is 16.7 Å². The molecule has 0 spiro atoms. The summed E-state index contributed by atoms with van der Waals surface area (Å²) in [5, 5.41) is 15.3. The zero-order valence-electron chi connectivity index (χ0n) is 17.7. The van der Waals surface area contributed by atoms with Crippen LogP contribution >= 0.6 is 0 Å². The topological polar surface area (TPSA) is 90.2 Å². The van der Waals surface area contributed by atoms with Gasteiger partial charge in [0.1, 0.15) is 17.7 Å². The summed E-state index contributed by atoms with van der Waals surface area (Å²) in [4.78, 5) is 26.8. The highest BCUT2D eigenvalue weighted by Crippen LogP contribution is 2.28. The van der Waals surface area contributed by atoms with Gasteiger partial charge in [-0.05, 0) is 51.0 Å². The Hall–Kier alpha value is -3.18. The number of benzene rings is 1. The van der Waals surface area contributed by atoms with E-state index in [0.717, 1.165) is 16.8 Å². The average Bonchev–Trinajstić information content (AvgIpc) is 2.91. The van der Waals surface area contributed by atoms with Crippen molar-refractivity contribution in [3.8, 4) is 6.07 Å². The van der Waals surface area contributed by atoms with Crippen LogP contribution in [0.2, 0.25) is 0 Å². The maximum absolute atomic E-state index is 13.3. The van der Waals surface area contributed by atoms with Crippen molar-refractivity contribution in [2.45, 2.75) is 39.8 Å². The molecule has 0 unspecified atom stereocenters. The van der Waals surface area contributed by atoms with Gasteiger partial charge in [-0.1, -0.05) is 12.1 Å². The third-order valence-electron chi connectivity index (χ3n) is 5.80. The lowest BCUT2D eigenvalue weighted by atomic mass is 9.99. The summed E-state index contributed by atoms with van der Waals surface area (Å²) < 4.78 is 15.1. The average molecular weight is 411 g/mol. The summed E-state index contributed by atoms with van der Waals surface area (Å²) in [5.41, 5.74) is 2.09. The molecule has 7 nitrogen and oxygen atoms in total. The molecular weight excluding hydrogens is 385 g/mol. The predicted molar refractivity (Wildman–Crippen MR) is 111 cm³/mol. The highest BCUT2D eigenvalue weighted by atomic mass is 19.1. The number of nitrogens with zero attached hydrogens (tertiary/aromatic N) is 3. The highest BCUT2D eigenvalue weighted by Gasteiger charge is 2.38. The largest absolute Gasteiger partial charge is 0.353 e. The van der Waals surface area contributed by atoms with Crippen LogP contribution in [0.25, 0.3) is 0 Å². The standard InChI is InChI=1S/C22H26FN5O2/c1-14-15(2)28(12-16-5-7-17(23)8-6-16)20(18(14)11-24)26-19(29)13-27-10-9-25-21(30)22(27,3)4/h5-8H,9-10,12-13H2,1-4H3,(H,25,30)(H,26,29). The Morgan fingerprint density at radius 2 is 1.97 bits per heavy atom. The number of hydrogen-bond acceptors (Lipinski definition) is 4. The molecular formula is C22H26FN5O2. The molecule has 158 valence electrons. The van der Waals surface area contributed by atoms with E-state index in [0.29, 0.717) is 31.0 Å². The van der Waals surface area contributed by atoms with Gasteiger partial charge in [0.2, 0.25) is 11.8 Å². The van der Waals surface area contributed by atoms with Gasteiger partial charge in [0, 0.05) is 25.3 Å². The number of nitriles is 1. The van der Waals surface area contributed by atoms with Crippen LogP contribution in [0.5, 0.6) is 0 Å². The van der Waals surface area contributed by atoms with Crippen molar-refractivity contribution in [2.75, 3.05) is 25.0 Å². The quantitative estimate of drug-likeness (QED) is 0.790. The molecule has 1 fully saturated rings. The second kappa shape index (κ2) is 8.28. The summed E-state index contributed by atoms with van der Waals surface area (Å²) in [7, 11) is 0. The number of amides is 2. The monoisotopic (exact) mass is 411 g/mol. The summed E-state index contributed by atoms with van der Waals surface area (Å²) >= 11 is 0. The van der Waals surface area contributed by atoms with Crippen molar-refractivity contribution in [3.63, 3.8) is 0 Å².